The number of pyridine rings is 1. The lowest BCUT2D eigenvalue weighted by Crippen LogP contribution is -2.02. The van der Waals surface area contributed by atoms with Gasteiger partial charge in [-0.25, -0.2) is 0 Å². The fourth-order valence-electron chi connectivity index (χ4n) is 3.07. The van der Waals surface area contributed by atoms with Crippen molar-refractivity contribution in [1.29, 1.82) is 0 Å². The summed E-state index contributed by atoms with van der Waals surface area (Å²) in [6, 6.07) is 18.4. The van der Waals surface area contributed by atoms with E-state index in [-0.39, 0.29) is 0 Å². The fourth-order valence-corrected chi connectivity index (χ4v) is 3.07. The zero-order valence-electron chi connectivity index (χ0n) is 16.1. The first kappa shape index (κ1) is 19.6. The minimum atomic E-state index is 0.786. The summed E-state index contributed by atoms with van der Waals surface area (Å²) >= 11 is 0. The standard InChI is InChI=1S/C22H21NO.C2H6/c1-16-7-6-10-19(15-24)21(16)11-12-22-17(2)13-20(14-23-22)18-8-4-3-5-9-18;1-2/h3-10,13-15H,11-12H2,1-2H3;1-2H3. The van der Waals surface area contributed by atoms with Crippen LogP contribution in [0.2, 0.25) is 0 Å². The van der Waals surface area contributed by atoms with E-state index < -0.39 is 0 Å². The molecule has 26 heavy (non-hydrogen) atoms. The van der Waals surface area contributed by atoms with Gasteiger partial charge in [-0.3, -0.25) is 9.78 Å². The van der Waals surface area contributed by atoms with Gasteiger partial charge >= 0.3 is 0 Å². The minimum absolute atomic E-state index is 0.786. The van der Waals surface area contributed by atoms with Gasteiger partial charge in [0.1, 0.15) is 6.29 Å². The Morgan fingerprint density at radius 2 is 1.58 bits per heavy atom. The molecule has 0 fully saturated rings. The molecule has 3 aromatic rings. The van der Waals surface area contributed by atoms with Gasteiger partial charge in [0.2, 0.25) is 0 Å². The maximum absolute atomic E-state index is 11.2. The number of aldehydes is 1. The van der Waals surface area contributed by atoms with Crippen LogP contribution in [-0.4, -0.2) is 11.3 Å². The second-order valence-electron chi connectivity index (χ2n) is 6.11. The Bertz CT molecular complexity index is 853. The summed E-state index contributed by atoms with van der Waals surface area (Å²) in [6.45, 7) is 8.16. The van der Waals surface area contributed by atoms with Crippen molar-refractivity contribution in [1.82, 2.24) is 4.98 Å². The lowest BCUT2D eigenvalue weighted by Gasteiger charge is -2.11. The van der Waals surface area contributed by atoms with Crippen LogP contribution in [0.3, 0.4) is 0 Å². The third-order valence-electron chi connectivity index (χ3n) is 4.48. The van der Waals surface area contributed by atoms with Crippen LogP contribution in [0.1, 0.15) is 46.6 Å². The Labute approximate surface area is 156 Å². The van der Waals surface area contributed by atoms with Crippen LogP contribution in [-0.2, 0) is 12.8 Å². The second-order valence-corrected chi connectivity index (χ2v) is 6.11. The first-order valence-corrected chi connectivity index (χ1v) is 9.23. The molecular weight excluding hydrogens is 318 g/mol. The average Bonchev–Trinajstić information content (AvgIpc) is 2.70. The van der Waals surface area contributed by atoms with Crippen molar-refractivity contribution in [3.63, 3.8) is 0 Å². The molecule has 0 saturated heterocycles. The average molecular weight is 345 g/mol. The monoisotopic (exact) mass is 345 g/mol. The van der Waals surface area contributed by atoms with E-state index in [1.165, 1.54) is 11.1 Å². The summed E-state index contributed by atoms with van der Waals surface area (Å²) in [5, 5.41) is 0. The predicted molar refractivity (Wildman–Crippen MR) is 110 cm³/mol. The van der Waals surface area contributed by atoms with Gasteiger partial charge in [0.15, 0.2) is 0 Å². The topological polar surface area (TPSA) is 30.0 Å². The van der Waals surface area contributed by atoms with Crippen molar-refractivity contribution in [2.45, 2.75) is 40.5 Å². The van der Waals surface area contributed by atoms with Crippen LogP contribution in [0.5, 0.6) is 0 Å². The zero-order valence-corrected chi connectivity index (χ0v) is 16.1. The van der Waals surface area contributed by atoms with Gasteiger partial charge in [0.05, 0.1) is 0 Å². The number of aromatic nitrogens is 1. The summed E-state index contributed by atoms with van der Waals surface area (Å²) in [5.41, 5.74) is 7.68. The fraction of sp³-hybridized carbons (Fsp3) is 0.250. The molecule has 1 aromatic heterocycles. The number of carbonyl (C=O) groups excluding carboxylic acids is 1. The van der Waals surface area contributed by atoms with Crippen LogP contribution in [0, 0.1) is 13.8 Å². The van der Waals surface area contributed by atoms with Gasteiger partial charge < -0.3 is 0 Å². The molecule has 0 radical (unpaired) electrons. The molecule has 0 aliphatic heterocycles. The van der Waals surface area contributed by atoms with Gasteiger partial charge in [0, 0.05) is 23.0 Å². The van der Waals surface area contributed by atoms with E-state index in [2.05, 4.69) is 43.1 Å². The molecule has 2 nitrogen and oxygen atoms in total. The number of hydrogen-bond acceptors (Lipinski definition) is 2. The molecule has 0 atom stereocenters. The quantitative estimate of drug-likeness (QED) is 0.532. The van der Waals surface area contributed by atoms with E-state index in [4.69, 9.17) is 0 Å². The first-order chi connectivity index (χ1) is 12.7. The molecule has 2 aromatic carbocycles. The summed E-state index contributed by atoms with van der Waals surface area (Å²) in [5.74, 6) is 0. The van der Waals surface area contributed by atoms with E-state index in [0.717, 1.165) is 47.1 Å². The Morgan fingerprint density at radius 1 is 0.846 bits per heavy atom. The highest BCUT2D eigenvalue weighted by molar-refractivity contribution is 5.78. The third kappa shape index (κ3) is 4.66. The molecule has 0 unspecified atom stereocenters. The van der Waals surface area contributed by atoms with Crippen molar-refractivity contribution in [2.24, 2.45) is 0 Å². The minimum Gasteiger partial charge on any atom is -0.298 e. The highest BCUT2D eigenvalue weighted by Gasteiger charge is 2.08. The van der Waals surface area contributed by atoms with Gasteiger partial charge in [0.25, 0.3) is 0 Å². The highest BCUT2D eigenvalue weighted by Crippen LogP contribution is 2.22. The van der Waals surface area contributed by atoms with Crippen molar-refractivity contribution < 1.29 is 4.79 Å². The Balaban J connectivity index is 0.00000117. The van der Waals surface area contributed by atoms with Crippen molar-refractivity contribution in [3.8, 4) is 11.1 Å². The largest absolute Gasteiger partial charge is 0.298 e. The van der Waals surface area contributed by atoms with Gasteiger partial charge in [-0.1, -0.05) is 62.4 Å². The lowest BCUT2D eigenvalue weighted by molar-refractivity contribution is 0.112. The molecular formula is C24H27NO. The second kappa shape index (κ2) is 9.67. The maximum Gasteiger partial charge on any atom is 0.150 e. The number of hydrogen-bond donors (Lipinski definition) is 0. The lowest BCUT2D eigenvalue weighted by atomic mass is 9.96. The highest BCUT2D eigenvalue weighted by atomic mass is 16.1. The number of aryl methyl sites for hydroxylation is 3. The summed E-state index contributed by atoms with van der Waals surface area (Å²) in [4.78, 5) is 15.9. The summed E-state index contributed by atoms with van der Waals surface area (Å²) < 4.78 is 0. The van der Waals surface area contributed by atoms with E-state index >= 15 is 0 Å². The van der Waals surface area contributed by atoms with Crippen LogP contribution >= 0.6 is 0 Å². The van der Waals surface area contributed by atoms with E-state index in [9.17, 15) is 4.79 Å². The molecule has 0 aliphatic rings. The van der Waals surface area contributed by atoms with E-state index in [1.807, 2.05) is 50.4 Å². The molecule has 0 aliphatic carbocycles. The van der Waals surface area contributed by atoms with Crippen LogP contribution in [0.4, 0.5) is 0 Å². The van der Waals surface area contributed by atoms with Crippen molar-refractivity contribution >= 4 is 6.29 Å². The molecule has 3 rings (SSSR count). The van der Waals surface area contributed by atoms with Crippen molar-refractivity contribution in [3.05, 3.63) is 88.7 Å². The number of carbonyl (C=O) groups is 1. The number of nitrogens with zero attached hydrogens (tertiary/aromatic N) is 1. The third-order valence-corrected chi connectivity index (χ3v) is 4.48. The summed E-state index contributed by atoms with van der Waals surface area (Å²) in [7, 11) is 0. The molecule has 0 N–H and O–H groups in total. The van der Waals surface area contributed by atoms with Crippen LogP contribution in [0.25, 0.3) is 11.1 Å². The van der Waals surface area contributed by atoms with E-state index in [1.54, 1.807) is 0 Å². The Kier molecular flexibility index (Phi) is 7.28. The molecule has 134 valence electrons. The van der Waals surface area contributed by atoms with Gasteiger partial charge in [-0.05, 0) is 55.0 Å². The molecule has 1 heterocycles. The molecule has 0 spiro atoms. The predicted octanol–water partition coefficient (Wildman–Crippen LogP) is 5.99. The molecule has 0 bridgehead atoms. The Hall–Kier alpha value is -2.74. The zero-order chi connectivity index (χ0) is 18.9. The summed E-state index contributed by atoms with van der Waals surface area (Å²) in [6.07, 6.45) is 4.56. The SMILES string of the molecule is CC.Cc1cc(-c2ccccc2)cnc1CCc1c(C)cccc1C=O. The molecule has 2 heteroatoms. The smallest absolute Gasteiger partial charge is 0.150 e. The number of benzene rings is 2. The molecule has 0 amide bonds. The van der Waals surface area contributed by atoms with Crippen LogP contribution in [0.15, 0.2) is 60.8 Å². The number of rotatable bonds is 5. The van der Waals surface area contributed by atoms with E-state index in [0.29, 0.717) is 0 Å². The van der Waals surface area contributed by atoms with Crippen molar-refractivity contribution in [2.75, 3.05) is 0 Å². The molecule has 0 saturated carbocycles. The van der Waals surface area contributed by atoms with Gasteiger partial charge in [-0.2, -0.15) is 0 Å². The maximum atomic E-state index is 11.2. The van der Waals surface area contributed by atoms with Crippen LogP contribution < -0.4 is 0 Å². The normalized spacial score (nSPS) is 10.0. The first-order valence-electron chi connectivity index (χ1n) is 9.23. The van der Waals surface area contributed by atoms with Gasteiger partial charge in [-0.15, -0.1) is 0 Å². The Morgan fingerprint density at radius 3 is 2.23 bits per heavy atom.